The lowest BCUT2D eigenvalue weighted by molar-refractivity contribution is 1.18. The highest BCUT2D eigenvalue weighted by molar-refractivity contribution is 6.14. The van der Waals surface area contributed by atoms with Crippen LogP contribution < -0.4 is 0 Å². The van der Waals surface area contributed by atoms with Crippen molar-refractivity contribution in [3.05, 3.63) is 181 Å². The first-order chi connectivity index (χ1) is 25.7. The summed E-state index contributed by atoms with van der Waals surface area (Å²) in [6, 6.07) is 63.9. The van der Waals surface area contributed by atoms with Crippen LogP contribution in [0.15, 0.2) is 170 Å². The number of hydrogen-bond donors (Lipinski definition) is 0. The number of nitrogens with zero attached hydrogens (tertiary/aromatic N) is 4. The largest absolute Gasteiger partial charge is 0.309 e. The number of hydrogen-bond acceptors (Lipinski definition) is 2. The number of para-hydroxylation sites is 2. The van der Waals surface area contributed by atoms with E-state index in [0.29, 0.717) is 11.1 Å². The Hall–Kier alpha value is -7.40. The number of rotatable bonds is 4. The van der Waals surface area contributed by atoms with E-state index in [0.717, 1.165) is 33.4 Å². The molecule has 52 heavy (non-hydrogen) atoms. The smallest absolute Gasteiger partial charge is 0.0991 e. The van der Waals surface area contributed by atoms with Gasteiger partial charge in [0.1, 0.15) is 0 Å². The first-order valence-corrected chi connectivity index (χ1v) is 17.3. The highest BCUT2D eigenvalue weighted by Gasteiger charge is 2.17. The van der Waals surface area contributed by atoms with Crippen LogP contribution in [0.5, 0.6) is 0 Å². The third-order valence-corrected chi connectivity index (χ3v) is 10.4. The number of nitriles is 2. The van der Waals surface area contributed by atoms with Crippen molar-refractivity contribution in [1.29, 1.82) is 10.5 Å². The average Bonchev–Trinajstić information content (AvgIpc) is 3.72. The number of aromatic nitrogens is 2. The molecule has 10 aromatic rings. The van der Waals surface area contributed by atoms with Gasteiger partial charge in [-0.1, -0.05) is 84.9 Å². The third-order valence-electron chi connectivity index (χ3n) is 10.4. The summed E-state index contributed by atoms with van der Waals surface area (Å²) in [5.41, 5.74) is 12.6. The van der Waals surface area contributed by atoms with Gasteiger partial charge < -0.3 is 9.13 Å². The second kappa shape index (κ2) is 11.6. The Kier molecular flexibility index (Phi) is 6.58. The van der Waals surface area contributed by atoms with Crippen molar-refractivity contribution in [2.75, 3.05) is 0 Å². The Morgan fingerprint density at radius 2 is 0.692 bits per heavy atom. The molecule has 2 heterocycles. The third kappa shape index (κ3) is 4.46. The fraction of sp³-hybridized carbons (Fsp3) is 0. The summed E-state index contributed by atoms with van der Waals surface area (Å²) in [6.45, 7) is 0. The van der Waals surface area contributed by atoms with Gasteiger partial charge in [-0.25, -0.2) is 0 Å². The lowest BCUT2D eigenvalue weighted by atomic mass is 9.91. The maximum Gasteiger partial charge on any atom is 0.0991 e. The standard InChI is InChI=1S/C48H28N4/c49-29-31-13-19-35(20-14-31)51-45-11-5-3-9-41(45)43-27-33(17-25-47(43)51)37-23-24-38(40-8-2-1-7-39(37)40)34-18-26-48-44(28-34)42-10-4-6-12-46(42)52(48)36-21-15-32(30-50)16-22-36/h1-28H. The van der Waals surface area contributed by atoms with E-state index < -0.39 is 0 Å². The maximum absolute atomic E-state index is 9.37. The zero-order valence-electron chi connectivity index (χ0n) is 28.0. The molecule has 0 spiro atoms. The van der Waals surface area contributed by atoms with Gasteiger partial charge >= 0.3 is 0 Å². The minimum absolute atomic E-state index is 0.650. The molecule has 0 unspecified atom stereocenters. The molecule has 2 aromatic heterocycles. The summed E-state index contributed by atoms with van der Waals surface area (Å²) in [7, 11) is 0. The molecule has 0 aliphatic heterocycles. The summed E-state index contributed by atoms with van der Waals surface area (Å²) in [4.78, 5) is 0. The van der Waals surface area contributed by atoms with Gasteiger partial charge in [-0.3, -0.25) is 0 Å². The molecular weight excluding hydrogens is 633 g/mol. The molecule has 0 saturated carbocycles. The molecule has 10 rings (SSSR count). The van der Waals surface area contributed by atoms with E-state index >= 15 is 0 Å². The maximum atomic E-state index is 9.37. The lowest BCUT2D eigenvalue weighted by Crippen LogP contribution is -1.94. The Labute approximate surface area is 299 Å². The van der Waals surface area contributed by atoms with Crippen molar-refractivity contribution in [1.82, 2.24) is 9.13 Å². The Morgan fingerprint density at radius 1 is 0.327 bits per heavy atom. The Balaban J connectivity index is 1.13. The fourth-order valence-corrected chi connectivity index (χ4v) is 8.01. The van der Waals surface area contributed by atoms with Gasteiger partial charge in [0.2, 0.25) is 0 Å². The van der Waals surface area contributed by atoms with Crippen LogP contribution in [-0.4, -0.2) is 9.13 Å². The molecule has 8 aromatic carbocycles. The zero-order chi connectivity index (χ0) is 34.8. The van der Waals surface area contributed by atoms with Gasteiger partial charge in [-0.05, 0) is 118 Å². The average molecular weight is 661 g/mol. The van der Waals surface area contributed by atoms with Gasteiger partial charge in [-0.2, -0.15) is 10.5 Å². The summed E-state index contributed by atoms with van der Waals surface area (Å²) >= 11 is 0. The van der Waals surface area contributed by atoms with E-state index in [1.165, 1.54) is 54.6 Å². The van der Waals surface area contributed by atoms with Crippen LogP contribution in [0.4, 0.5) is 0 Å². The van der Waals surface area contributed by atoms with E-state index in [2.05, 4.69) is 143 Å². The fourth-order valence-electron chi connectivity index (χ4n) is 8.01. The lowest BCUT2D eigenvalue weighted by Gasteiger charge is -2.13. The zero-order valence-corrected chi connectivity index (χ0v) is 28.0. The van der Waals surface area contributed by atoms with Gasteiger partial charge in [0.25, 0.3) is 0 Å². The van der Waals surface area contributed by atoms with Crippen molar-refractivity contribution < 1.29 is 0 Å². The van der Waals surface area contributed by atoms with Gasteiger partial charge in [-0.15, -0.1) is 0 Å². The minimum Gasteiger partial charge on any atom is -0.309 e. The second-order valence-electron chi connectivity index (χ2n) is 13.2. The van der Waals surface area contributed by atoms with Gasteiger partial charge in [0, 0.05) is 32.9 Å². The molecule has 0 aliphatic carbocycles. The van der Waals surface area contributed by atoms with Gasteiger partial charge in [0.05, 0.1) is 45.3 Å². The summed E-state index contributed by atoms with van der Waals surface area (Å²) in [5, 5.41) is 25.9. The van der Waals surface area contributed by atoms with Crippen LogP contribution in [0.25, 0.3) is 88.0 Å². The molecule has 4 heteroatoms. The van der Waals surface area contributed by atoms with Crippen LogP contribution in [0, 0.1) is 22.7 Å². The predicted octanol–water partition coefficient (Wildman–Crippen LogP) is 12.1. The van der Waals surface area contributed by atoms with E-state index in [1.54, 1.807) is 0 Å². The van der Waals surface area contributed by atoms with Crippen LogP contribution >= 0.6 is 0 Å². The molecule has 0 atom stereocenters. The SMILES string of the molecule is N#Cc1ccc(-n2c3ccccc3c3cc(-c4ccc(-c5ccc6c(c5)c5ccccc5n6-c5ccc(C#N)cc5)c5ccccc45)ccc32)cc1. The second-order valence-corrected chi connectivity index (χ2v) is 13.2. The van der Waals surface area contributed by atoms with Crippen molar-refractivity contribution in [3.63, 3.8) is 0 Å². The first kappa shape index (κ1) is 29.5. The monoisotopic (exact) mass is 660 g/mol. The minimum atomic E-state index is 0.650. The molecule has 0 bridgehead atoms. The Bertz CT molecular complexity index is 2910. The molecule has 0 aliphatic rings. The summed E-state index contributed by atoms with van der Waals surface area (Å²) in [5.74, 6) is 0. The molecule has 4 nitrogen and oxygen atoms in total. The molecule has 0 amide bonds. The van der Waals surface area contributed by atoms with Crippen LogP contribution in [0.3, 0.4) is 0 Å². The van der Waals surface area contributed by atoms with Crippen LogP contribution in [0.2, 0.25) is 0 Å². The van der Waals surface area contributed by atoms with Crippen LogP contribution in [-0.2, 0) is 0 Å². The summed E-state index contributed by atoms with van der Waals surface area (Å²) in [6.07, 6.45) is 0. The molecule has 0 fully saturated rings. The highest BCUT2D eigenvalue weighted by Crippen LogP contribution is 2.41. The molecule has 0 saturated heterocycles. The van der Waals surface area contributed by atoms with Crippen LogP contribution in [0.1, 0.15) is 11.1 Å². The van der Waals surface area contributed by atoms with E-state index in [-0.39, 0.29) is 0 Å². The van der Waals surface area contributed by atoms with Crippen molar-refractivity contribution in [3.8, 4) is 45.8 Å². The normalized spacial score (nSPS) is 11.4. The predicted molar refractivity (Wildman–Crippen MR) is 213 cm³/mol. The van der Waals surface area contributed by atoms with Gasteiger partial charge in [0.15, 0.2) is 0 Å². The van der Waals surface area contributed by atoms with Crippen molar-refractivity contribution in [2.45, 2.75) is 0 Å². The highest BCUT2D eigenvalue weighted by atomic mass is 15.0. The number of fused-ring (bicyclic) bond motifs is 7. The topological polar surface area (TPSA) is 57.4 Å². The first-order valence-electron chi connectivity index (χ1n) is 17.3. The number of benzene rings is 8. The summed E-state index contributed by atoms with van der Waals surface area (Å²) < 4.78 is 4.57. The van der Waals surface area contributed by atoms with E-state index in [1.807, 2.05) is 48.5 Å². The quantitative estimate of drug-likeness (QED) is 0.189. The van der Waals surface area contributed by atoms with Crippen molar-refractivity contribution in [2.24, 2.45) is 0 Å². The van der Waals surface area contributed by atoms with E-state index in [4.69, 9.17) is 0 Å². The molecule has 0 N–H and O–H groups in total. The van der Waals surface area contributed by atoms with E-state index in [9.17, 15) is 10.5 Å². The molecule has 0 radical (unpaired) electrons. The molecule has 240 valence electrons. The Morgan fingerprint density at radius 3 is 1.10 bits per heavy atom. The molecular formula is C48H28N4. The van der Waals surface area contributed by atoms with Crippen molar-refractivity contribution >= 4 is 54.4 Å².